The van der Waals surface area contributed by atoms with Crippen LogP contribution in [-0.2, 0) is 27.2 Å². The lowest BCUT2D eigenvalue weighted by Crippen LogP contribution is -2.28. The molecule has 0 bridgehead atoms. The molecule has 2 aromatic carbocycles. The molecular weight excluding hydrogens is 344 g/mol. The normalized spacial score (nSPS) is 16.4. The van der Waals surface area contributed by atoms with Crippen molar-refractivity contribution in [2.75, 3.05) is 16.8 Å². The number of carboxylic acid groups (broad SMARTS) is 1. The molecule has 0 radical (unpaired) electrons. The van der Waals surface area contributed by atoms with E-state index in [0.717, 1.165) is 12.1 Å². The first kappa shape index (κ1) is 18.6. The zero-order valence-electron chi connectivity index (χ0n) is 15.1. The van der Waals surface area contributed by atoms with Crippen LogP contribution in [0.4, 0.5) is 11.4 Å². The minimum atomic E-state index is -0.926. The molecule has 0 aliphatic carbocycles. The van der Waals surface area contributed by atoms with Crippen molar-refractivity contribution >= 4 is 29.2 Å². The van der Waals surface area contributed by atoms with E-state index < -0.39 is 11.9 Å². The third-order valence-electron chi connectivity index (χ3n) is 4.70. The second-order valence-corrected chi connectivity index (χ2v) is 6.69. The van der Waals surface area contributed by atoms with Crippen LogP contribution in [-0.4, -0.2) is 29.4 Å². The van der Waals surface area contributed by atoms with Crippen LogP contribution in [0.2, 0.25) is 0 Å². The maximum Gasteiger partial charge on any atom is 0.307 e. The molecule has 0 aromatic heterocycles. The molecule has 1 atom stereocenters. The van der Waals surface area contributed by atoms with E-state index in [1.165, 1.54) is 5.56 Å². The van der Waals surface area contributed by atoms with Gasteiger partial charge in [-0.3, -0.25) is 14.4 Å². The molecular formula is C21H22N2O4. The Labute approximate surface area is 157 Å². The molecule has 1 heterocycles. The zero-order chi connectivity index (χ0) is 19.4. The van der Waals surface area contributed by atoms with Crippen molar-refractivity contribution in [3.63, 3.8) is 0 Å². The van der Waals surface area contributed by atoms with Crippen molar-refractivity contribution in [3.05, 3.63) is 59.7 Å². The highest BCUT2D eigenvalue weighted by Gasteiger charge is 2.35. The number of carbonyl (C=O) groups is 3. The molecule has 140 valence electrons. The molecule has 2 amide bonds. The number of aryl methyl sites for hydroxylation is 1. The van der Waals surface area contributed by atoms with Crippen molar-refractivity contribution in [3.8, 4) is 0 Å². The van der Waals surface area contributed by atoms with Gasteiger partial charge in [-0.25, -0.2) is 0 Å². The number of anilines is 2. The van der Waals surface area contributed by atoms with Gasteiger partial charge in [0.2, 0.25) is 11.8 Å². The van der Waals surface area contributed by atoms with Crippen LogP contribution >= 0.6 is 0 Å². The molecule has 1 aliphatic heterocycles. The fraction of sp³-hybridized carbons (Fsp3) is 0.286. The second kappa shape index (κ2) is 8.03. The number of hydrogen-bond donors (Lipinski definition) is 2. The number of benzene rings is 2. The fourth-order valence-electron chi connectivity index (χ4n) is 3.22. The largest absolute Gasteiger partial charge is 0.481 e. The highest BCUT2D eigenvalue weighted by atomic mass is 16.4. The van der Waals surface area contributed by atoms with Crippen LogP contribution in [0.1, 0.15) is 24.5 Å². The Morgan fingerprint density at radius 2 is 1.89 bits per heavy atom. The van der Waals surface area contributed by atoms with E-state index in [1.807, 2.05) is 24.3 Å². The molecule has 2 aromatic rings. The fourth-order valence-corrected chi connectivity index (χ4v) is 3.22. The molecule has 1 aliphatic rings. The Morgan fingerprint density at radius 1 is 1.15 bits per heavy atom. The van der Waals surface area contributed by atoms with Gasteiger partial charge in [0.1, 0.15) is 0 Å². The first-order chi connectivity index (χ1) is 13.0. The van der Waals surface area contributed by atoms with Crippen LogP contribution < -0.4 is 10.2 Å². The summed E-state index contributed by atoms with van der Waals surface area (Å²) in [6.45, 7) is 2.41. The van der Waals surface area contributed by atoms with Gasteiger partial charge >= 0.3 is 5.97 Å². The van der Waals surface area contributed by atoms with Crippen molar-refractivity contribution in [1.29, 1.82) is 0 Å². The number of amides is 2. The van der Waals surface area contributed by atoms with Crippen LogP contribution in [0.25, 0.3) is 0 Å². The maximum atomic E-state index is 12.6. The monoisotopic (exact) mass is 366 g/mol. The molecule has 0 spiro atoms. The lowest BCUT2D eigenvalue weighted by molar-refractivity contribution is -0.136. The lowest BCUT2D eigenvalue weighted by Gasteiger charge is -2.17. The van der Waals surface area contributed by atoms with Gasteiger partial charge in [-0.15, -0.1) is 0 Å². The van der Waals surface area contributed by atoms with E-state index >= 15 is 0 Å². The zero-order valence-corrected chi connectivity index (χ0v) is 15.1. The van der Waals surface area contributed by atoms with Gasteiger partial charge in [-0.05, 0) is 41.8 Å². The molecule has 1 fully saturated rings. The van der Waals surface area contributed by atoms with Crippen molar-refractivity contribution in [2.24, 2.45) is 5.92 Å². The average molecular weight is 366 g/mol. The Kier molecular flexibility index (Phi) is 5.54. The number of nitrogens with zero attached hydrogens (tertiary/aromatic N) is 1. The first-order valence-corrected chi connectivity index (χ1v) is 8.97. The summed E-state index contributed by atoms with van der Waals surface area (Å²) in [7, 11) is 0. The molecule has 6 nitrogen and oxygen atoms in total. The topological polar surface area (TPSA) is 86.7 Å². The second-order valence-electron chi connectivity index (χ2n) is 6.69. The minimum Gasteiger partial charge on any atom is -0.481 e. The summed E-state index contributed by atoms with van der Waals surface area (Å²) in [5.74, 6) is -1.67. The number of carboxylic acids is 1. The van der Waals surface area contributed by atoms with E-state index in [2.05, 4.69) is 12.2 Å². The third-order valence-corrected chi connectivity index (χ3v) is 4.70. The smallest absolute Gasteiger partial charge is 0.307 e. The van der Waals surface area contributed by atoms with Crippen LogP contribution in [0.3, 0.4) is 0 Å². The molecule has 0 saturated carbocycles. The number of rotatable bonds is 6. The van der Waals surface area contributed by atoms with Gasteiger partial charge < -0.3 is 15.3 Å². The highest BCUT2D eigenvalue weighted by molar-refractivity contribution is 6.03. The summed E-state index contributed by atoms with van der Waals surface area (Å²) in [6, 6.07) is 14.6. The molecule has 6 heteroatoms. The van der Waals surface area contributed by atoms with E-state index in [1.54, 1.807) is 29.2 Å². The molecule has 1 unspecified atom stereocenters. The summed E-state index contributed by atoms with van der Waals surface area (Å²) in [5, 5.41) is 11.7. The van der Waals surface area contributed by atoms with Crippen LogP contribution in [0.5, 0.6) is 0 Å². The Morgan fingerprint density at radius 3 is 2.56 bits per heavy atom. The predicted molar refractivity (Wildman–Crippen MR) is 103 cm³/mol. The third kappa shape index (κ3) is 4.53. The SMILES string of the molecule is CCc1ccc(N2CC(C(=O)Nc3cccc(CC(=O)O)c3)CC2=O)cc1. The van der Waals surface area contributed by atoms with Gasteiger partial charge in [0.05, 0.1) is 12.3 Å². The molecule has 2 N–H and O–H groups in total. The molecule has 3 rings (SSSR count). The quantitative estimate of drug-likeness (QED) is 0.823. The maximum absolute atomic E-state index is 12.6. The summed E-state index contributed by atoms with van der Waals surface area (Å²) in [4.78, 5) is 37.4. The predicted octanol–water partition coefficient (Wildman–Crippen LogP) is 2.87. The van der Waals surface area contributed by atoms with Crippen molar-refractivity contribution < 1.29 is 19.5 Å². The Hall–Kier alpha value is -3.15. The van der Waals surface area contributed by atoms with Gasteiger partial charge in [0.15, 0.2) is 0 Å². The summed E-state index contributed by atoms with van der Waals surface area (Å²) < 4.78 is 0. The summed E-state index contributed by atoms with van der Waals surface area (Å²) in [6.07, 6.45) is 0.990. The summed E-state index contributed by atoms with van der Waals surface area (Å²) >= 11 is 0. The van der Waals surface area contributed by atoms with Gasteiger partial charge in [-0.2, -0.15) is 0 Å². The van der Waals surface area contributed by atoms with E-state index in [4.69, 9.17) is 5.11 Å². The lowest BCUT2D eigenvalue weighted by atomic mass is 10.1. The molecule has 1 saturated heterocycles. The Bertz CT molecular complexity index is 861. The Balaban J connectivity index is 1.66. The van der Waals surface area contributed by atoms with Crippen LogP contribution in [0.15, 0.2) is 48.5 Å². The number of carbonyl (C=O) groups excluding carboxylic acids is 2. The molecule has 27 heavy (non-hydrogen) atoms. The van der Waals surface area contributed by atoms with E-state index in [9.17, 15) is 14.4 Å². The number of hydrogen-bond acceptors (Lipinski definition) is 3. The first-order valence-electron chi connectivity index (χ1n) is 8.97. The van der Waals surface area contributed by atoms with Crippen LogP contribution in [0, 0.1) is 5.92 Å². The van der Waals surface area contributed by atoms with E-state index in [-0.39, 0.29) is 24.7 Å². The van der Waals surface area contributed by atoms with E-state index in [0.29, 0.717) is 17.8 Å². The van der Waals surface area contributed by atoms with Gasteiger partial charge in [0, 0.05) is 24.3 Å². The van der Waals surface area contributed by atoms with Crippen molar-refractivity contribution in [1.82, 2.24) is 0 Å². The average Bonchev–Trinajstić information content (AvgIpc) is 3.03. The van der Waals surface area contributed by atoms with Gasteiger partial charge in [0.25, 0.3) is 0 Å². The highest BCUT2D eigenvalue weighted by Crippen LogP contribution is 2.26. The number of nitrogens with one attached hydrogen (secondary N) is 1. The standard InChI is InChI=1S/C21H22N2O4/c1-2-14-6-8-18(9-7-14)23-13-16(12-19(23)24)21(27)22-17-5-3-4-15(10-17)11-20(25)26/h3-10,16H,2,11-13H2,1H3,(H,22,27)(H,25,26). The van der Waals surface area contributed by atoms with Gasteiger partial charge in [-0.1, -0.05) is 31.2 Å². The van der Waals surface area contributed by atoms with Crippen molar-refractivity contribution in [2.45, 2.75) is 26.2 Å². The minimum absolute atomic E-state index is 0.0703. The number of aliphatic carboxylic acids is 1. The summed E-state index contributed by atoms with van der Waals surface area (Å²) in [5.41, 5.74) is 3.15.